The van der Waals surface area contributed by atoms with Crippen LogP contribution >= 0.6 is 11.6 Å². The largest absolute Gasteiger partial charge is 0.457 e. The molecule has 33 heavy (non-hydrogen) atoms. The molecule has 0 unspecified atom stereocenters. The summed E-state index contributed by atoms with van der Waals surface area (Å²) in [7, 11) is 0. The van der Waals surface area contributed by atoms with E-state index in [9.17, 15) is 4.79 Å². The third-order valence-electron chi connectivity index (χ3n) is 5.09. The van der Waals surface area contributed by atoms with Crippen LogP contribution in [0.1, 0.15) is 19.4 Å². The van der Waals surface area contributed by atoms with Crippen LogP contribution in [-0.4, -0.2) is 26.1 Å². The molecule has 4 aromatic rings. The average molecular weight is 462 g/mol. The molecule has 3 aromatic carbocycles. The van der Waals surface area contributed by atoms with E-state index in [1.807, 2.05) is 86.6 Å². The van der Waals surface area contributed by atoms with E-state index < -0.39 is 5.41 Å². The van der Waals surface area contributed by atoms with Crippen molar-refractivity contribution in [3.05, 3.63) is 89.4 Å². The second-order valence-corrected chi connectivity index (χ2v) is 8.65. The summed E-state index contributed by atoms with van der Waals surface area (Å²) in [6.07, 6.45) is 0. The molecule has 0 aliphatic rings. The van der Waals surface area contributed by atoms with Gasteiger partial charge in [-0.25, -0.2) is 0 Å². The fourth-order valence-electron chi connectivity index (χ4n) is 3.20. The summed E-state index contributed by atoms with van der Waals surface area (Å²) in [5.41, 5.74) is 0.930. The monoisotopic (exact) mass is 461 g/mol. The van der Waals surface area contributed by atoms with Gasteiger partial charge in [0.2, 0.25) is 11.7 Å². The van der Waals surface area contributed by atoms with Crippen molar-refractivity contribution in [1.82, 2.24) is 25.5 Å². The first kappa shape index (κ1) is 22.5. The van der Waals surface area contributed by atoms with Crippen LogP contribution in [0.15, 0.2) is 78.9 Å². The van der Waals surface area contributed by atoms with Gasteiger partial charge in [0, 0.05) is 17.1 Å². The van der Waals surface area contributed by atoms with Crippen molar-refractivity contribution < 1.29 is 9.53 Å². The number of halogens is 1. The summed E-state index contributed by atoms with van der Waals surface area (Å²) in [6.45, 7) is 4.32. The number of carbonyl (C=O) groups is 1. The SMILES string of the molecule is CC(C)(Cn1nnc(-c2ccc(Oc3ccccc3)cc2)n1)C(=O)NCc1ccccc1Cl. The van der Waals surface area contributed by atoms with Gasteiger partial charge in [-0.1, -0.05) is 48.0 Å². The zero-order chi connectivity index (χ0) is 23.3. The molecule has 0 saturated heterocycles. The molecule has 0 saturated carbocycles. The quantitative estimate of drug-likeness (QED) is 0.393. The van der Waals surface area contributed by atoms with E-state index in [4.69, 9.17) is 16.3 Å². The Morgan fingerprint density at radius 2 is 1.64 bits per heavy atom. The van der Waals surface area contributed by atoms with Crippen molar-refractivity contribution in [2.75, 3.05) is 0 Å². The van der Waals surface area contributed by atoms with Gasteiger partial charge in [-0.3, -0.25) is 4.79 Å². The Morgan fingerprint density at radius 3 is 2.36 bits per heavy atom. The Bertz CT molecular complexity index is 1220. The standard InChI is InChI=1S/C25H24ClN5O2/c1-25(2,24(32)27-16-19-8-6-7-11-22(19)26)17-31-29-23(28-30-31)18-12-14-21(15-13-18)33-20-9-4-3-5-10-20/h3-15H,16-17H2,1-2H3,(H,27,32). The molecular weight excluding hydrogens is 438 g/mol. The first-order chi connectivity index (χ1) is 15.9. The third kappa shape index (κ3) is 5.75. The van der Waals surface area contributed by atoms with Crippen molar-refractivity contribution >= 4 is 17.5 Å². The van der Waals surface area contributed by atoms with Gasteiger partial charge in [-0.15, -0.1) is 10.2 Å². The molecule has 0 spiro atoms. The zero-order valence-corrected chi connectivity index (χ0v) is 19.2. The molecule has 7 nitrogen and oxygen atoms in total. The summed E-state index contributed by atoms with van der Waals surface area (Å²) >= 11 is 6.17. The molecule has 0 radical (unpaired) electrons. The highest BCUT2D eigenvalue weighted by molar-refractivity contribution is 6.31. The highest BCUT2D eigenvalue weighted by atomic mass is 35.5. The maximum absolute atomic E-state index is 12.8. The first-order valence-corrected chi connectivity index (χ1v) is 10.9. The molecule has 4 rings (SSSR count). The van der Waals surface area contributed by atoms with Crippen LogP contribution in [0.3, 0.4) is 0 Å². The number of aromatic nitrogens is 4. The molecule has 0 aliphatic carbocycles. The van der Waals surface area contributed by atoms with Gasteiger partial charge in [0.25, 0.3) is 0 Å². The summed E-state index contributed by atoms with van der Waals surface area (Å²) < 4.78 is 5.81. The average Bonchev–Trinajstić information content (AvgIpc) is 3.27. The van der Waals surface area contributed by atoms with Crippen LogP contribution in [0.25, 0.3) is 11.4 Å². The Kier molecular flexibility index (Phi) is 6.70. The third-order valence-corrected chi connectivity index (χ3v) is 5.46. The number of hydrogen-bond acceptors (Lipinski definition) is 5. The summed E-state index contributed by atoms with van der Waals surface area (Å²) in [6, 6.07) is 24.5. The van der Waals surface area contributed by atoms with E-state index >= 15 is 0 Å². The van der Waals surface area contributed by atoms with Crippen molar-refractivity contribution in [2.24, 2.45) is 5.41 Å². The van der Waals surface area contributed by atoms with Gasteiger partial charge in [-0.05, 0) is 67.1 Å². The van der Waals surface area contributed by atoms with E-state index in [-0.39, 0.29) is 12.5 Å². The van der Waals surface area contributed by atoms with Gasteiger partial charge in [-0.2, -0.15) is 4.80 Å². The Labute approximate surface area is 197 Å². The lowest BCUT2D eigenvalue weighted by Crippen LogP contribution is -2.39. The molecule has 1 amide bonds. The lowest BCUT2D eigenvalue weighted by Gasteiger charge is -2.22. The normalized spacial score (nSPS) is 11.2. The first-order valence-electron chi connectivity index (χ1n) is 10.5. The number of para-hydroxylation sites is 1. The van der Waals surface area contributed by atoms with Gasteiger partial charge in [0.1, 0.15) is 11.5 Å². The smallest absolute Gasteiger partial charge is 0.227 e. The lowest BCUT2D eigenvalue weighted by atomic mass is 9.92. The van der Waals surface area contributed by atoms with Gasteiger partial charge >= 0.3 is 0 Å². The predicted molar refractivity (Wildman–Crippen MR) is 127 cm³/mol. The maximum atomic E-state index is 12.8. The van der Waals surface area contributed by atoms with E-state index in [2.05, 4.69) is 20.7 Å². The van der Waals surface area contributed by atoms with Gasteiger partial charge < -0.3 is 10.1 Å². The molecular formula is C25H24ClN5O2. The molecule has 168 valence electrons. The van der Waals surface area contributed by atoms with Crippen LogP contribution < -0.4 is 10.1 Å². The number of nitrogens with zero attached hydrogens (tertiary/aromatic N) is 4. The Morgan fingerprint density at radius 1 is 0.970 bits per heavy atom. The Hall–Kier alpha value is -3.71. The second kappa shape index (κ2) is 9.83. The van der Waals surface area contributed by atoms with E-state index in [1.165, 1.54) is 4.80 Å². The minimum absolute atomic E-state index is 0.122. The van der Waals surface area contributed by atoms with Crippen LogP contribution in [-0.2, 0) is 17.9 Å². The number of hydrogen-bond donors (Lipinski definition) is 1. The predicted octanol–water partition coefficient (Wildman–Crippen LogP) is 5.13. The van der Waals surface area contributed by atoms with Crippen LogP contribution in [0.2, 0.25) is 5.02 Å². The number of nitrogens with one attached hydrogen (secondary N) is 1. The van der Waals surface area contributed by atoms with Crippen molar-refractivity contribution in [3.8, 4) is 22.9 Å². The maximum Gasteiger partial charge on any atom is 0.227 e. The van der Waals surface area contributed by atoms with E-state index in [0.717, 1.165) is 16.9 Å². The van der Waals surface area contributed by atoms with E-state index in [0.29, 0.717) is 23.1 Å². The number of ether oxygens (including phenoxy) is 1. The van der Waals surface area contributed by atoms with Gasteiger partial charge in [0.05, 0.1) is 12.0 Å². The molecule has 0 aliphatic heterocycles. The topological polar surface area (TPSA) is 81.9 Å². The second-order valence-electron chi connectivity index (χ2n) is 8.24. The minimum atomic E-state index is -0.743. The zero-order valence-electron chi connectivity index (χ0n) is 18.4. The lowest BCUT2D eigenvalue weighted by molar-refractivity contribution is -0.130. The number of amides is 1. The number of rotatable bonds is 8. The highest BCUT2D eigenvalue weighted by Gasteiger charge is 2.29. The van der Waals surface area contributed by atoms with Crippen LogP contribution in [0.4, 0.5) is 0 Å². The molecule has 1 N–H and O–H groups in total. The fourth-order valence-corrected chi connectivity index (χ4v) is 3.41. The highest BCUT2D eigenvalue weighted by Crippen LogP contribution is 2.24. The molecule has 1 heterocycles. The minimum Gasteiger partial charge on any atom is -0.457 e. The Balaban J connectivity index is 1.37. The van der Waals surface area contributed by atoms with Crippen LogP contribution in [0.5, 0.6) is 11.5 Å². The molecule has 0 bridgehead atoms. The van der Waals surface area contributed by atoms with Crippen LogP contribution in [0, 0.1) is 5.41 Å². The summed E-state index contributed by atoms with van der Waals surface area (Å²) in [5, 5.41) is 16.3. The van der Waals surface area contributed by atoms with Gasteiger partial charge in [0.15, 0.2) is 0 Å². The number of carbonyl (C=O) groups excluding carboxylic acids is 1. The molecule has 8 heteroatoms. The van der Waals surface area contributed by atoms with Crippen molar-refractivity contribution in [1.29, 1.82) is 0 Å². The fraction of sp³-hybridized carbons (Fsp3) is 0.200. The molecule has 0 atom stereocenters. The summed E-state index contributed by atoms with van der Waals surface area (Å²) in [4.78, 5) is 14.2. The number of tetrazole rings is 1. The number of benzene rings is 3. The molecule has 1 aromatic heterocycles. The van der Waals surface area contributed by atoms with E-state index in [1.54, 1.807) is 6.07 Å². The summed E-state index contributed by atoms with van der Waals surface area (Å²) in [5.74, 6) is 1.84. The van der Waals surface area contributed by atoms with Crippen molar-refractivity contribution in [2.45, 2.75) is 26.9 Å². The van der Waals surface area contributed by atoms with Crippen molar-refractivity contribution in [3.63, 3.8) is 0 Å². The molecule has 0 fully saturated rings.